The van der Waals surface area contributed by atoms with Gasteiger partial charge in [0.1, 0.15) is 0 Å². The van der Waals surface area contributed by atoms with E-state index in [1.807, 2.05) is 0 Å². The molecule has 0 heterocycles. The van der Waals surface area contributed by atoms with Crippen LogP contribution in [0.2, 0.25) is 0 Å². The Bertz CT molecular complexity index is 573. The van der Waals surface area contributed by atoms with E-state index in [-0.39, 0.29) is 51.4 Å². The van der Waals surface area contributed by atoms with E-state index >= 15 is 0 Å². The summed E-state index contributed by atoms with van der Waals surface area (Å²) < 4.78 is 30.9. The third kappa shape index (κ3) is 11.8. The van der Waals surface area contributed by atoms with E-state index < -0.39 is 20.8 Å². The Hall–Kier alpha value is 0.566. The monoisotopic (exact) mass is 394 g/mol. The summed E-state index contributed by atoms with van der Waals surface area (Å²) >= 11 is 0. The van der Waals surface area contributed by atoms with Crippen molar-refractivity contribution in [2.75, 3.05) is 0 Å². The Balaban J connectivity index is 0.00000576. The topological polar surface area (TPSA) is 77.4 Å². The van der Waals surface area contributed by atoms with Crippen LogP contribution in [0.4, 0.5) is 0 Å². The van der Waals surface area contributed by atoms with Gasteiger partial charge in [-0.3, -0.25) is 4.55 Å². The standard InChI is InChI=1S/C19H32O4S.K/c1-2-3-4-5-6-7-8-9-10-11-12-13-17-14-15-19(18(20)16-17)24(21,22)23;/h14-16,20H,2-13H2,1H3,(H,21,22,23);/q;+1/p-1. The molecule has 0 unspecified atom stereocenters. The van der Waals surface area contributed by atoms with Gasteiger partial charge >= 0.3 is 51.4 Å². The molecular formula is C19H31KO4S. The summed E-state index contributed by atoms with van der Waals surface area (Å²) in [5.74, 6) is -0.627. The second-order valence-electron chi connectivity index (χ2n) is 6.54. The normalized spacial score (nSPS) is 11.3. The molecule has 0 saturated carbocycles. The zero-order valence-corrected chi connectivity index (χ0v) is 19.7. The first kappa shape index (κ1) is 25.6. The summed E-state index contributed by atoms with van der Waals surface area (Å²) in [5.41, 5.74) is 0.836. The van der Waals surface area contributed by atoms with Crippen LogP contribution in [0.3, 0.4) is 0 Å². The fraction of sp³-hybridized carbons (Fsp3) is 0.684. The van der Waals surface area contributed by atoms with Crippen molar-refractivity contribution >= 4 is 10.1 Å². The average Bonchev–Trinajstić information content (AvgIpc) is 2.51. The van der Waals surface area contributed by atoms with E-state index in [2.05, 4.69) is 6.92 Å². The molecule has 0 fully saturated rings. The molecule has 0 saturated heterocycles. The van der Waals surface area contributed by atoms with Gasteiger partial charge in [-0.1, -0.05) is 89.0 Å². The summed E-state index contributed by atoms with van der Waals surface area (Å²) in [4.78, 5) is -0.537. The molecule has 1 aromatic rings. The minimum atomic E-state index is -4.41. The van der Waals surface area contributed by atoms with E-state index in [1.165, 1.54) is 69.9 Å². The molecule has 0 radical (unpaired) electrons. The summed E-state index contributed by atoms with van der Waals surface area (Å²) in [6.07, 6.45) is 14.8. The van der Waals surface area contributed by atoms with Gasteiger partial charge < -0.3 is 5.11 Å². The molecule has 138 valence electrons. The van der Waals surface area contributed by atoms with E-state index in [4.69, 9.17) is 4.55 Å². The van der Waals surface area contributed by atoms with Crippen LogP contribution in [0.5, 0.6) is 5.75 Å². The Labute approximate surface area is 196 Å². The third-order valence-electron chi connectivity index (χ3n) is 4.36. The molecule has 0 atom stereocenters. The predicted molar refractivity (Wildman–Crippen MR) is 95.9 cm³/mol. The van der Waals surface area contributed by atoms with Gasteiger partial charge in [-0.05, 0) is 24.5 Å². The first-order valence-corrected chi connectivity index (χ1v) is 10.7. The molecule has 1 rings (SSSR count). The van der Waals surface area contributed by atoms with Crippen molar-refractivity contribution in [2.45, 2.75) is 88.9 Å². The molecule has 0 spiro atoms. The van der Waals surface area contributed by atoms with Crippen molar-refractivity contribution < 1.29 is 69.5 Å². The number of hydrogen-bond donors (Lipinski definition) is 1. The maximum absolute atomic E-state index is 11.6. The van der Waals surface area contributed by atoms with Crippen molar-refractivity contribution in [2.24, 2.45) is 0 Å². The molecule has 0 aromatic heterocycles. The van der Waals surface area contributed by atoms with Crippen molar-refractivity contribution in [3.63, 3.8) is 0 Å². The Kier molecular flexibility index (Phi) is 14.9. The van der Waals surface area contributed by atoms with Gasteiger partial charge in [0.15, 0.2) is 0 Å². The maximum Gasteiger partial charge on any atom is 1.00 e. The minimum absolute atomic E-state index is 0. The number of rotatable bonds is 13. The molecule has 25 heavy (non-hydrogen) atoms. The summed E-state index contributed by atoms with van der Waals surface area (Å²) in [7, 11) is -4.41. The van der Waals surface area contributed by atoms with Gasteiger partial charge in [-0.2, -0.15) is 8.42 Å². The molecule has 4 nitrogen and oxygen atoms in total. The van der Waals surface area contributed by atoms with Gasteiger partial charge in [0.05, 0.1) is 4.90 Å². The van der Waals surface area contributed by atoms with Crippen LogP contribution in [0.1, 0.15) is 83.1 Å². The number of benzene rings is 1. The van der Waals surface area contributed by atoms with Crippen LogP contribution in [-0.4, -0.2) is 13.0 Å². The van der Waals surface area contributed by atoms with Gasteiger partial charge in [-0.15, -0.1) is 0 Å². The molecule has 0 aliphatic rings. The van der Waals surface area contributed by atoms with Crippen molar-refractivity contribution in [3.8, 4) is 5.75 Å². The summed E-state index contributed by atoms with van der Waals surface area (Å²) in [6.45, 7) is 2.24. The maximum atomic E-state index is 11.6. The van der Waals surface area contributed by atoms with E-state index in [0.717, 1.165) is 24.8 Å². The zero-order valence-electron chi connectivity index (χ0n) is 15.8. The molecule has 0 bridgehead atoms. The van der Waals surface area contributed by atoms with Gasteiger partial charge in [0.25, 0.3) is 10.1 Å². The van der Waals surface area contributed by atoms with Crippen LogP contribution in [-0.2, 0) is 16.5 Å². The SMILES string of the molecule is CCCCCCCCCCCCCc1ccc(S(=O)(=O)O)c([O-])c1.[K+]. The van der Waals surface area contributed by atoms with E-state index in [0.29, 0.717) is 0 Å². The molecule has 1 N–H and O–H groups in total. The smallest absolute Gasteiger partial charge is 0.872 e. The summed E-state index contributed by atoms with van der Waals surface area (Å²) in [5, 5.41) is 11.6. The van der Waals surface area contributed by atoms with Crippen LogP contribution < -0.4 is 56.5 Å². The number of hydrogen-bond acceptors (Lipinski definition) is 3. The van der Waals surface area contributed by atoms with Crippen LogP contribution in [0, 0.1) is 0 Å². The van der Waals surface area contributed by atoms with Crippen LogP contribution >= 0.6 is 0 Å². The molecule has 0 aliphatic carbocycles. The first-order valence-electron chi connectivity index (χ1n) is 9.22. The first-order chi connectivity index (χ1) is 11.4. The summed E-state index contributed by atoms with van der Waals surface area (Å²) in [6, 6.07) is 4.13. The van der Waals surface area contributed by atoms with Crippen molar-refractivity contribution in [3.05, 3.63) is 23.8 Å². The molecule has 0 aliphatic heterocycles. The Morgan fingerprint density at radius 1 is 0.880 bits per heavy atom. The second kappa shape index (κ2) is 14.6. The molecule has 6 heteroatoms. The third-order valence-corrected chi connectivity index (χ3v) is 5.25. The van der Waals surface area contributed by atoms with Crippen LogP contribution in [0.15, 0.2) is 23.1 Å². The van der Waals surface area contributed by atoms with Crippen molar-refractivity contribution in [1.29, 1.82) is 0 Å². The minimum Gasteiger partial charge on any atom is -0.872 e. The quantitative estimate of drug-likeness (QED) is 0.315. The molecule has 0 amide bonds. The van der Waals surface area contributed by atoms with Crippen molar-refractivity contribution in [1.82, 2.24) is 0 Å². The second-order valence-corrected chi connectivity index (χ2v) is 7.93. The fourth-order valence-corrected chi connectivity index (χ4v) is 3.47. The Morgan fingerprint density at radius 2 is 1.36 bits per heavy atom. The molecule has 1 aromatic carbocycles. The van der Waals surface area contributed by atoms with E-state index in [1.54, 1.807) is 6.07 Å². The number of aryl methyl sites for hydroxylation is 1. The largest absolute Gasteiger partial charge is 1.00 e. The van der Waals surface area contributed by atoms with Gasteiger partial charge in [0, 0.05) is 0 Å². The zero-order chi connectivity index (χ0) is 17.8. The van der Waals surface area contributed by atoms with Crippen LogP contribution in [0.25, 0.3) is 0 Å². The van der Waals surface area contributed by atoms with Gasteiger partial charge in [-0.25, -0.2) is 0 Å². The fourth-order valence-electron chi connectivity index (χ4n) is 2.91. The number of unbranched alkanes of at least 4 members (excludes halogenated alkanes) is 10. The van der Waals surface area contributed by atoms with Gasteiger partial charge in [0.2, 0.25) is 0 Å². The Morgan fingerprint density at radius 3 is 1.80 bits per heavy atom. The van der Waals surface area contributed by atoms with E-state index in [9.17, 15) is 13.5 Å². The average molecular weight is 395 g/mol. The molecular weight excluding hydrogens is 363 g/mol. The predicted octanol–water partition coefficient (Wildman–Crippen LogP) is 1.86.